The van der Waals surface area contributed by atoms with Crippen LogP contribution in [0, 0.1) is 56.0 Å². The summed E-state index contributed by atoms with van der Waals surface area (Å²) in [6.45, 7) is 23.1. The van der Waals surface area contributed by atoms with Crippen LogP contribution in [0.15, 0.2) is 272 Å². The van der Waals surface area contributed by atoms with Crippen LogP contribution in [-0.4, -0.2) is 35.8 Å². The smallest absolute Gasteiger partial charge is 0.159 e. The van der Waals surface area contributed by atoms with E-state index in [4.69, 9.17) is 4.42 Å². The van der Waals surface area contributed by atoms with Crippen LogP contribution in [0.25, 0.3) is 89.4 Å². The van der Waals surface area contributed by atoms with Crippen molar-refractivity contribution in [3.05, 3.63) is 320 Å². The standard InChI is InChI=1S/C20H16NO.C18H14N.C15H16N.C12H10N.C11H8N.C11H20O2.4Ir/c1-13(2)14-7-5-8-15-16-9-6-10-17(20(16)22-19(14)15)18-11-3-4-12-21-18;1-14-7-9-15(10-8-14)17-11-12-19-18(13-17)16-5-3-2-4-6-16;1-15(2,3)13-9-10-16-14(11-13)12-7-5-4-6-8-12;1-10-7-8-12(13-9-10)11-5-3-2-4-6-11;1-2-6-10(7-3-1)11-8-4-5-9-12-11;1-8(2)5-10(12)7-11(13)6-9(3)4;;;;/h3-9,11-13H,1-2H3;2-5,7-13H,1H3;4-7,9-11H,1-3H3;2-5,7-9H,1H3;1-6,8-9H;7-9,12H,5-6H2,1-4H3;;;;/q5*-1;;;;;. The van der Waals surface area contributed by atoms with Gasteiger partial charge in [0, 0.05) is 136 Å². The molecule has 0 amide bonds. The quantitative estimate of drug-likeness (QED) is 0.0731. The van der Waals surface area contributed by atoms with E-state index in [1.807, 2.05) is 205 Å². The van der Waals surface area contributed by atoms with Gasteiger partial charge in [-0.25, -0.2) is 0 Å². The number of furan rings is 1. The number of carbonyl (C=O) groups is 1. The van der Waals surface area contributed by atoms with Crippen molar-refractivity contribution in [2.45, 2.75) is 100 Å². The van der Waals surface area contributed by atoms with Crippen LogP contribution in [0.2, 0.25) is 0 Å². The van der Waals surface area contributed by atoms with Gasteiger partial charge in [-0.15, -0.1) is 162 Å². The van der Waals surface area contributed by atoms with Gasteiger partial charge in [-0.3, -0.25) is 4.79 Å². The van der Waals surface area contributed by atoms with Crippen LogP contribution in [0.5, 0.6) is 0 Å². The predicted octanol–water partition coefficient (Wildman–Crippen LogP) is 22.4. The van der Waals surface area contributed by atoms with Crippen molar-refractivity contribution in [2.75, 3.05) is 0 Å². The molecule has 1 N–H and O–H groups in total. The van der Waals surface area contributed by atoms with E-state index in [0.29, 0.717) is 30.6 Å². The Kier molecular flexibility index (Phi) is 36.0. The maximum atomic E-state index is 11.2. The molecule has 8 nitrogen and oxygen atoms in total. The Labute approximate surface area is 641 Å². The predicted molar refractivity (Wildman–Crippen MR) is 392 cm³/mol. The van der Waals surface area contributed by atoms with Crippen LogP contribution in [0.1, 0.15) is 103 Å². The Bertz CT molecular complexity index is 4420. The van der Waals surface area contributed by atoms with Crippen LogP contribution in [0.3, 0.4) is 0 Å². The molecule has 0 spiro atoms. The number of hydrogen-bond acceptors (Lipinski definition) is 8. The summed E-state index contributed by atoms with van der Waals surface area (Å²) in [5.41, 5.74) is 19.3. The Morgan fingerprint density at radius 3 is 1.41 bits per heavy atom. The normalized spacial score (nSPS) is 10.5. The van der Waals surface area contributed by atoms with E-state index >= 15 is 0 Å². The summed E-state index contributed by atoms with van der Waals surface area (Å²) >= 11 is 0. The Morgan fingerprint density at radius 1 is 0.444 bits per heavy atom. The van der Waals surface area contributed by atoms with E-state index in [0.717, 1.165) is 78.2 Å². The van der Waals surface area contributed by atoms with Gasteiger partial charge in [0.2, 0.25) is 0 Å². The van der Waals surface area contributed by atoms with Gasteiger partial charge in [0.25, 0.3) is 0 Å². The second-order valence-electron chi connectivity index (χ2n) is 25.1. The fourth-order valence-corrected chi connectivity index (χ4v) is 9.97. The number of benzene rings is 7. The van der Waals surface area contributed by atoms with Gasteiger partial charge in [0.05, 0.1) is 11.3 Å². The van der Waals surface area contributed by atoms with Gasteiger partial charge in [-0.1, -0.05) is 170 Å². The van der Waals surface area contributed by atoms with Gasteiger partial charge in [0.1, 0.15) is 5.58 Å². The van der Waals surface area contributed by atoms with E-state index < -0.39 is 0 Å². The maximum absolute atomic E-state index is 11.2. The van der Waals surface area contributed by atoms with Crippen molar-refractivity contribution in [3.8, 4) is 67.4 Å². The molecule has 0 aliphatic rings. The average Bonchev–Trinajstić information content (AvgIpc) is 1.61. The maximum Gasteiger partial charge on any atom is 0.159 e. The van der Waals surface area contributed by atoms with E-state index in [1.54, 1.807) is 12.4 Å². The first-order valence-corrected chi connectivity index (χ1v) is 32.3. The number of ketones is 1. The number of aliphatic hydroxyl groups excluding tert-OH is 1. The van der Waals surface area contributed by atoms with Crippen LogP contribution >= 0.6 is 0 Å². The molecule has 4 radical (unpaired) electrons. The summed E-state index contributed by atoms with van der Waals surface area (Å²) < 4.78 is 6.26. The van der Waals surface area contributed by atoms with Gasteiger partial charge >= 0.3 is 0 Å². The number of pyridine rings is 5. The minimum atomic E-state index is 0. The SMILES string of the molecule is CC(C)(C)c1ccnc(-c2[c-]cccc2)c1.CC(C)CC(=O)C=C(O)CC(C)C.CC(C)c1cccc2c1oc1c(-c3ccccn3)[c-]ccc12.Cc1ccc(-c2[c-]cccc2)nc1.Cc1ccc(-c2ccnc(-c3[c-]cccc3)c2)cc1.[Ir].[Ir].[Ir].[Ir].[c-]1ccccc1-c1ccccn1. The van der Waals surface area contributed by atoms with Crippen molar-refractivity contribution in [2.24, 2.45) is 11.8 Å². The van der Waals surface area contributed by atoms with Crippen molar-refractivity contribution >= 4 is 27.7 Å². The molecule has 0 aliphatic carbocycles. The summed E-state index contributed by atoms with van der Waals surface area (Å²) in [5.74, 6) is 1.40. The number of nitrogens with zero attached hydrogens (tertiary/aromatic N) is 5. The summed E-state index contributed by atoms with van der Waals surface area (Å²) in [4.78, 5) is 33.0. The van der Waals surface area contributed by atoms with Crippen LogP contribution in [0.4, 0.5) is 0 Å². The molecular formula is C87H84Ir4N5O3-5. The van der Waals surface area contributed by atoms with Gasteiger partial charge in [-0.05, 0) is 118 Å². The molecule has 12 heteroatoms. The number of fused-ring (bicyclic) bond motifs is 3. The third kappa shape index (κ3) is 26.5. The summed E-state index contributed by atoms with van der Waals surface area (Å²) in [7, 11) is 0. The topological polar surface area (TPSA) is 115 Å². The van der Waals surface area contributed by atoms with Crippen molar-refractivity contribution in [3.63, 3.8) is 0 Å². The molecule has 13 rings (SSSR count). The molecule has 516 valence electrons. The molecule has 7 aromatic carbocycles. The number of para-hydroxylation sites is 1. The summed E-state index contributed by atoms with van der Waals surface area (Å²) in [6, 6.07) is 90.6. The van der Waals surface area contributed by atoms with Crippen LogP contribution < -0.4 is 0 Å². The minimum Gasteiger partial charge on any atom is -0.512 e. The number of hydrogen-bond donors (Lipinski definition) is 1. The zero-order valence-corrected chi connectivity index (χ0v) is 67.4. The molecule has 0 unspecified atom stereocenters. The molecule has 13 aromatic rings. The number of rotatable bonds is 12. The molecule has 0 saturated heterocycles. The number of aryl methyl sites for hydroxylation is 2. The molecule has 6 aromatic heterocycles. The van der Waals surface area contributed by atoms with Crippen molar-refractivity contribution in [1.29, 1.82) is 0 Å². The Morgan fingerprint density at radius 2 is 0.929 bits per heavy atom. The van der Waals surface area contributed by atoms with Crippen molar-refractivity contribution in [1.82, 2.24) is 24.9 Å². The van der Waals surface area contributed by atoms with Crippen molar-refractivity contribution < 1.29 is 94.7 Å². The monoisotopic (exact) mass is 2020 g/mol. The first kappa shape index (κ1) is 83.3. The molecule has 99 heavy (non-hydrogen) atoms. The average molecular weight is 2020 g/mol. The van der Waals surface area contributed by atoms with E-state index in [2.05, 4.69) is 170 Å². The molecule has 0 aliphatic heterocycles. The largest absolute Gasteiger partial charge is 0.512 e. The Hall–Kier alpha value is -8.10. The second-order valence-corrected chi connectivity index (χ2v) is 25.1. The van der Waals surface area contributed by atoms with Crippen LogP contribution in [-0.2, 0) is 90.6 Å². The van der Waals surface area contributed by atoms with Gasteiger partial charge < -0.3 is 34.4 Å². The van der Waals surface area contributed by atoms with Gasteiger partial charge in [-0.2, -0.15) is 0 Å². The first-order chi connectivity index (χ1) is 45.9. The number of aliphatic hydroxyl groups is 1. The first-order valence-electron chi connectivity index (χ1n) is 32.3. The fourth-order valence-electron chi connectivity index (χ4n) is 9.97. The van der Waals surface area contributed by atoms with E-state index in [-0.39, 0.29) is 97.4 Å². The molecular weight excluding hydrogens is 1930 g/mol. The minimum absolute atomic E-state index is 0. The molecule has 0 fully saturated rings. The molecule has 0 atom stereocenters. The van der Waals surface area contributed by atoms with E-state index in [9.17, 15) is 9.90 Å². The van der Waals surface area contributed by atoms with E-state index in [1.165, 1.54) is 39.5 Å². The molecule has 0 bridgehead atoms. The summed E-state index contributed by atoms with van der Waals surface area (Å²) in [6.07, 6.45) is 11.6. The third-order valence-electron chi connectivity index (χ3n) is 14.9. The van der Waals surface area contributed by atoms with Gasteiger partial charge in [0.15, 0.2) is 5.78 Å². The number of carbonyl (C=O) groups excluding carboxylic acids is 1. The third-order valence-corrected chi connectivity index (χ3v) is 14.9. The second kappa shape index (κ2) is 42.8. The fraction of sp³-hybridized carbons (Fsp3) is 0.195. The number of aromatic nitrogens is 5. The molecule has 6 heterocycles. The summed E-state index contributed by atoms with van der Waals surface area (Å²) in [5, 5.41) is 11.6. The number of allylic oxidation sites excluding steroid dienone is 2. The molecule has 0 saturated carbocycles. The zero-order chi connectivity index (χ0) is 67.5. The zero-order valence-electron chi connectivity index (χ0n) is 57.8. The Balaban J connectivity index is 0.000000254.